The number of nitro groups is 1. The Morgan fingerprint density at radius 3 is 2.36 bits per heavy atom. The molecule has 1 unspecified atom stereocenters. The number of benzene rings is 5. The van der Waals surface area contributed by atoms with E-state index >= 15 is 0 Å². The third-order valence-corrected chi connectivity index (χ3v) is 9.41. The Balaban J connectivity index is 1.21. The standard InChI is InChI=1S/C38H27N5O6S/c1-23-9-11-25(12-10-23)34-39-32-8-3-2-7-31(32)36(46)41(34)28-17-13-26(14-18-28)35(45)40-42-37(47)33(22-24-5-4-6-29(21-24)43(48)49)50-38(42)27-15-19-30(44)20-16-27/h2-22,38,44H,1H3,(H,40,45)/b33-22-. The van der Waals surface area contributed by atoms with Crippen molar-refractivity contribution in [3.05, 3.63) is 169 Å². The molecule has 1 fully saturated rings. The molecule has 12 heteroatoms. The first-order valence-corrected chi connectivity index (χ1v) is 16.3. The number of aromatic nitrogens is 2. The van der Waals surface area contributed by atoms with Gasteiger partial charge in [-0.2, -0.15) is 0 Å². The van der Waals surface area contributed by atoms with Crippen molar-refractivity contribution in [2.45, 2.75) is 12.3 Å². The molecule has 2 N–H and O–H groups in total. The number of hydrazine groups is 1. The number of amides is 2. The largest absolute Gasteiger partial charge is 0.508 e. The Bertz CT molecular complexity index is 2390. The lowest BCUT2D eigenvalue weighted by molar-refractivity contribution is -0.384. The smallest absolute Gasteiger partial charge is 0.280 e. The van der Waals surface area contributed by atoms with Crippen LogP contribution in [0.15, 0.2) is 131 Å². The number of aryl methyl sites for hydroxylation is 1. The van der Waals surface area contributed by atoms with Crippen LogP contribution in [0.3, 0.4) is 0 Å². The number of rotatable bonds is 7. The number of nitro benzene ring substituents is 1. The van der Waals surface area contributed by atoms with E-state index in [0.717, 1.165) is 22.9 Å². The van der Waals surface area contributed by atoms with Crippen molar-refractivity contribution in [2.75, 3.05) is 0 Å². The number of hydrogen-bond acceptors (Lipinski definition) is 8. The zero-order valence-electron chi connectivity index (χ0n) is 26.4. The van der Waals surface area contributed by atoms with E-state index < -0.39 is 22.1 Å². The van der Waals surface area contributed by atoms with E-state index in [0.29, 0.717) is 33.5 Å². The fourth-order valence-electron chi connectivity index (χ4n) is 5.59. The van der Waals surface area contributed by atoms with E-state index in [1.54, 1.807) is 60.7 Å². The van der Waals surface area contributed by atoms with E-state index in [-0.39, 0.29) is 27.5 Å². The van der Waals surface area contributed by atoms with Crippen LogP contribution in [0.5, 0.6) is 5.75 Å². The quantitative estimate of drug-likeness (QED) is 0.105. The number of fused-ring (bicyclic) bond motifs is 1. The van der Waals surface area contributed by atoms with Crippen LogP contribution in [0, 0.1) is 17.0 Å². The Labute approximate surface area is 289 Å². The molecular weight excluding hydrogens is 655 g/mol. The lowest BCUT2D eigenvalue weighted by Gasteiger charge is -2.24. The molecule has 50 heavy (non-hydrogen) atoms. The molecule has 0 aliphatic carbocycles. The van der Waals surface area contributed by atoms with Crippen LogP contribution in [-0.4, -0.2) is 36.4 Å². The first kappa shape index (κ1) is 32.0. The fraction of sp³-hybridized carbons (Fsp3) is 0.0526. The number of thioether (sulfide) groups is 1. The van der Waals surface area contributed by atoms with Crippen LogP contribution in [0.4, 0.5) is 5.69 Å². The lowest BCUT2D eigenvalue weighted by atomic mass is 10.1. The van der Waals surface area contributed by atoms with Gasteiger partial charge in [0.2, 0.25) is 0 Å². The van der Waals surface area contributed by atoms with Gasteiger partial charge in [0.05, 0.1) is 26.4 Å². The molecule has 7 rings (SSSR count). The van der Waals surface area contributed by atoms with Crippen molar-refractivity contribution in [1.29, 1.82) is 0 Å². The van der Waals surface area contributed by atoms with Gasteiger partial charge < -0.3 is 5.11 Å². The van der Waals surface area contributed by atoms with Gasteiger partial charge in [-0.1, -0.05) is 78.0 Å². The van der Waals surface area contributed by atoms with E-state index in [4.69, 9.17) is 4.98 Å². The summed E-state index contributed by atoms with van der Waals surface area (Å²) in [6, 6.07) is 33.4. The van der Waals surface area contributed by atoms with Gasteiger partial charge in [-0.3, -0.25) is 34.5 Å². The van der Waals surface area contributed by atoms with Crippen LogP contribution in [0.2, 0.25) is 0 Å². The number of carbonyl (C=O) groups excluding carboxylic acids is 2. The SMILES string of the molecule is Cc1ccc(-c2nc3ccccc3c(=O)n2-c2ccc(C(=O)NN3C(=O)/C(=C/c4cccc([N+](=O)[O-])c4)SC3c3ccc(O)cc3)cc2)cc1. The summed E-state index contributed by atoms with van der Waals surface area (Å²) in [6.07, 6.45) is 1.54. The molecule has 1 aromatic heterocycles. The summed E-state index contributed by atoms with van der Waals surface area (Å²) in [5.74, 6) is -0.600. The third-order valence-electron chi connectivity index (χ3n) is 8.15. The van der Waals surface area contributed by atoms with Gasteiger partial charge in [0.25, 0.3) is 23.1 Å². The molecule has 246 valence electrons. The number of para-hydroxylation sites is 1. The van der Waals surface area contributed by atoms with Gasteiger partial charge in [-0.05, 0) is 72.7 Å². The zero-order valence-corrected chi connectivity index (χ0v) is 27.2. The van der Waals surface area contributed by atoms with Gasteiger partial charge in [0, 0.05) is 23.3 Å². The normalized spacial score (nSPS) is 15.1. The fourth-order valence-corrected chi connectivity index (χ4v) is 6.78. The van der Waals surface area contributed by atoms with Crippen molar-refractivity contribution >= 4 is 46.2 Å². The van der Waals surface area contributed by atoms with Crippen molar-refractivity contribution in [3.8, 4) is 22.8 Å². The van der Waals surface area contributed by atoms with Crippen LogP contribution < -0.4 is 11.0 Å². The molecule has 5 aromatic carbocycles. The summed E-state index contributed by atoms with van der Waals surface area (Å²) in [5.41, 5.74) is 6.53. The Morgan fingerprint density at radius 2 is 1.64 bits per heavy atom. The minimum Gasteiger partial charge on any atom is -0.508 e. The van der Waals surface area contributed by atoms with E-state index in [1.807, 2.05) is 37.3 Å². The number of nitrogens with zero attached hydrogens (tertiary/aromatic N) is 4. The number of hydrogen-bond donors (Lipinski definition) is 2. The molecule has 0 saturated carbocycles. The summed E-state index contributed by atoms with van der Waals surface area (Å²) in [5, 5.41) is 22.1. The summed E-state index contributed by atoms with van der Waals surface area (Å²) >= 11 is 1.16. The van der Waals surface area contributed by atoms with Gasteiger partial charge in [0.1, 0.15) is 16.9 Å². The molecule has 1 atom stereocenters. The van der Waals surface area contributed by atoms with E-state index in [9.17, 15) is 29.6 Å². The Hall–Kier alpha value is -6.53. The average molecular weight is 682 g/mol. The van der Waals surface area contributed by atoms with Crippen LogP contribution in [-0.2, 0) is 4.79 Å². The van der Waals surface area contributed by atoms with Crippen LogP contribution in [0.1, 0.15) is 32.4 Å². The molecule has 11 nitrogen and oxygen atoms in total. The van der Waals surface area contributed by atoms with Crippen LogP contribution >= 0.6 is 11.8 Å². The predicted octanol–water partition coefficient (Wildman–Crippen LogP) is 6.94. The minimum absolute atomic E-state index is 0.0392. The molecule has 0 spiro atoms. The topological polar surface area (TPSA) is 148 Å². The number of aromatic hydroxyl groups is 1. The maximum atomic E-state index is 13.8. The van der Waals surface area contributed by atoms with Crippen molar-refractivity contribution in [1.82, 2.24) is 20.0 Å². The van der Waals surface area contributed by atoms with Gasteiger partial charge in [-0.15, -0.1) is 0 Å². The van der Waals surface area contributed by atoms with Crippen molar-refractivity contribution < 1.29 is 19.6 Å². The molecule has 1 aliphatic rings. The first-order valence-electron chi connectivity index (χ1n) is 15.4. The van der Waals surface area contributed by atoms with E-state index in [1.165, 1.54) is 46.0 Å². The van der Waals surface area contributed by atoms with Crippen molar-refractivity contribution in [3.63, 3.8) is 0 Å². The number of nitrogens with one attached hydrogen (secondary N) is 1. The van der Waals surface area contributed by atoms with E-state index in [2.05, 4.69) is 5.43 Å². The summed E-state index contributed by atoms with van der Waals surface area (Å²) in [4.78, 5) is 57.1. The second-order valence-electron chi connectivity index (χ2n) is 11.5. The van der Waals surface area contributed by atoms with Gasteiger partial charge in [-0.25, -0.2) is 9.99 Å². The summed E-state index contributed by atoms with van der Waals surface area (Å²) in [7, 11) is 0. The molecule has 2 heterocycles. The monoisotopic (exact) mass is 681 g/mol. The minimum atomic E-state index is -0.699. The molecule has 0 bridgehead atoms. The Kier molecular flexibility index (Phi) is 8.44. The lowest BCUT2D eigenvalue weighted by Crippen LogP contribution is -2.44. The highest BCUT2D eigenvalue weighted by atomic mass is 32.2. The molecule has 1 aliphatic heterocycles. The number of carbonyl (C=O) groups is 2. The number of phenolic OH excluding ortho intramolecular Hbond substituents is 1. The van der Waals surface area contributed by atoms with Crippen molar-refractivity contribution in [2.24, 2.45) is 0 Å². The maximum absolute atomic E-state index is 13.8. The predicted molar refractivity (Wildman–Crippen MR) is 191 cm³/mol. The maximum Gasteiger partial charge on any atom is 0.280 e. The second-order valence-corrected chi connectivity index (χ2v) is 12.7. The molecule has 0 radical (unpaired) electrons. The second kappa shape index (κ2) is 13.2. The van der Waals surface area contributed by atoms with Crippen LogP contribution in [0.25, 0.3) is 34.1 Å². The highest BCUT2D eigenvalue weighted by molar-refractivity contribution is 8.04. The zero-order chi connectivity index (χ0) is 34.9. The Morgan fingerprint density at radius 1 is 0.920 bits per heavy atom. The molecule has 1 saturated heterocycles. The molecule has 6 aromatic rings. The van der Waals surface area contributed by atoms with Gasteiger partial charge >= 0.3 is 0 Å². The molecular formula is C38H27N5O6S. The highest BCUT2D eigenvalue weighted by Crippen LogP contribution is 2.45. The summed E-state index contributed by atoms with van der Waals surface area (Å²) < 4.78 is 1.52. The van der Waals surface area contributed by atoms with Gasteiger partial charge in [0.15, 0.2) is 0 Å². The highest BCUT2D eigenvalue weighted by Gasteiger charge is 2.39. The third kappa shape index (κ3) is 6.22. The number of phenols is 1. The molecule has 2 amide bonds. The first-order chi connectivity index (χ1) is 24.2. The average Bonchev–Trinajstić information content (AvgIpc) is 3.42. The summed E-state index contributed by atoms with van der Waals surface area (Å²) in [6.45, 7) is 1.98. The number of non-ortho nitro benzene ring substituents is 1.